The van der Waals surface area contributed by atoms with Crippen molar-refractivity contribution in [2.75, 3.05) is 39.6 Å². The van der Waals surface area contributed by atoms with Gasteiger partial charge in [0.1, 0.15) is 19.3 Å². The second-order valence-electron chi connectivity index (χ2n) is 26.3. The van der Waals surface area contributed by atoms with E-state index in [0.717, 1.165) is 108 Å². The Bertz CT molecular complexity index is 1750. The van der Waals surface area contributed by atoms with Crippen molar-refractivity contribution in [2.24, 2.45) is 11.8 Å². The van der Waals surface area contributed by atoms with Crippen LogP contribution in [-0.4, -0.2) is 96.7 Å². The van der Waals surface area contributed by atoms with Crippen LogP contribution in [0, 0.1) is 11.8 Å². The van der Waals surface area contributed by atoms with Gasteiger partial charge in [0.2, 0.25) is 0 Å². The van der Waals surface area contributed by atoms with Gasteiger partial charge in [0.25, 0.3) is 0 Å². The third-order valence-corrected chi connectivity index (χ3v) is 18.7. The molecule has 17 nitrogen and oxygen atoms in total. The Morgan fingerprint density at radius 1 is 0.322 bits per heavy atom. The molecule has 0 spiro atoms. The molecule has 0 amide bonds. The zero-order valence-electron chi connectivity index (χ0n) is 58.4. The summed E-state index contributed by atoms with van der Waals surface area (Å²) in [5, 5.41) is 10.6. The topological polar surface area (TPSA) is 237 Å². The normalized spacial score (nSPS) is 14.4. The molecule has 0 saturated heterocycles. The van der Waals surface area contributed by atoms with E-state index in [4.69, 9.17) is 37.0 Å². The van der Waals surface area contributed by atoms with Gasteiger partial charge < -0.3 is 33.8 Å². The Hall–Kier alpha value is -1.94. The van der Waals surface area contributed by atoms with Crippen molar-refractivity contribution in [1.29, 1.82) is 0 Å². The summed E-state index contributed by atoms with van der Waals surface area (Å²) in [7, 11) is -9.89. The Morgan fingerprint density at radius 3 is 0.844 bits per heavy atom. The zero-order chi connectivity index (χ0) is 66.5. The number of rotatable bonds is 70. The average Bonchev–Trinajstić information content (AvgIpc) is 3.70. The first-order chi connectivity index (χ1) is 43.4. The fraction of sp³-hybridized carbons (Fsp3) is 0.944. The van der Waals surface area contributed by atoms with Crippen molar-refractivity contribution in [3.05, 3.63) is 0 Å². The van der Waals surface area contributed by atoms with Gasteiger partial charge >= 0.3 is 39.5 Å². The van der Waals surface area contributed by atoms with Crippen molar-refractivity contribution >= 4 is 39.5 Å². The lowest BCUT2D eigenvalue weighted by Crippen LogP contribution is -2.30. The van der Waals surface area contributed by atoms with Gasteiger partial charge in [-0.25, -0.2) is 9.13 Å². The lowest BCUT2D eigenvalue weighted by molar-refractivity contribution is -0.161. The van der Waals surface area contributed by atoms with Crippen LogP contribution in [-0.2, 0) is 65.4 Å². The first kappa shape index (κ1) is 88.1. The van der Waals surface area contributed by atoms with E-state index in [0.29, 0.717) is 25.7 Å². The summed E-state index contributed by atoms with van der Waals surface area (Å²) in [5.74, 6) is -0.505. The third kappa shape index (κ3) is 63.5. The van der Waals surface area contributed by atoms with Crippen LogP contribution in [0.3, 0.4) is 0 Å². The van der Waals surface area contributed by atoms with Gasteiger partial charge in [-0.05, 0) is 37.5 Å². The van der Waals surface area contributed by atoms with E-state index < -0.39 is 97.5 Å². The number of carbonyl (C=O) groups is 4. The minimum atomic E-state index is -4.95. The van der Waals surface area contributed by atoms with Gasteiger partial charge in [0.15, 0.2) is 12.2 Å². The van der Waals surface area contributed by atoms with Crippen LogP contribution < -0.4 is 0 Å². The molecule has 19 heteroatoms. The van der Waals surface area contributed by atoms with E-state index in [1.807, 2.05) is 0 Å². The molecule has 0 aromatic carbocycles. The zero-order valence-corrected chi connectivity index (χ0v) is 60.2. The third-order valence-electron chi connectivity index (χ3n) is 16.8. The average molecular weight is 1330 g/mol. The molecule has 0 aromatic heterocycles. The van der Waals surface area contributed by atoms with E-state index in [1.165, 1.54) is 173 Å². The van der Waals surface area contributed by atoms with Gasteiger partial charge in [0.05, 0.1) is 26.4 Å². The summed E-state index contributed by atoms with van der Waals surface area (Å²) in [6, 6.07) is 0. The fourth-order valence-electron chi connectivity index (χ4n) is 10.7. The number of esters is 4. The molecule has 0 saturated carbocycles. The number of aliphatic hydroxyl groups excluding tert-OH is 1. The summed E-state index contributed by atoms with van der Waals surface area (Å²) < 4.78 is 68.1. The van der Waals surface area contributed by atoms with Gasteiger partial charge in [-0.1, -0.05) is 311 Å². The van der Waals surface area contributed by atoms with Gasteiger partial charge in [0, 0.05) is 25.7 Å². The molecule has 534 valence electrons. The minimum absolute atomic E-state index is 0.106. The monoisotopic (exact) mass is 1320 g/mol. The van der Waals surface area contributed by atoms with Crippen LogP contribution in [0.15, 0.2) is 0 Å². The molecule has 0 aliphatic heterocycles. The van der Waals surface area contributed by atoms with Crippen LogP contribution >= 0.6 is 15.6 Å². The Labute approximate surface area is 549 Å². The predicted molar refractivity (Wildman–Crippen MR) is 363 cm³/mol. The summed E-state index contributed by atoms with van der Waals surface area (Å²) >= 11 is 0. The molecule has 0 aromatic rings. The van der Waals surface area contributed by atoms with Crippen LogP contribution in [0.25, 0.3) is 0 Å². The minimum Gasteiger partial charge on any atom is -0.462 e. The highest BCUT2D eigenvalue weighted by molar-refractivity contribution is 7.47. The first-order valence-electron chi connectivity index (χ1n) is 37.0. The van der Waals surface area contributed by atoms with Crippen LogP contribution in [0.1, 0.15) is 363 Å². The smallest absolute Gasteiger partial charge is 0.462 e. The van der Waals surface area contributed by atoms with E-state index >= 15 is 0 Å². The summed E-state index contributed by atoms with van der Waals surface area (Å²) in [5.41, 5.74) is 0. The van der Waals surface area contributed by atoms with E-state index in [2.05, 4.69) is 41.5 Å². The summed E-state index contributed by atoms with van der Waals surface area (Å²) in [6.07, 6.45) is 48.8. The Balaban J connectivity index is 5.16. The molecule has 0 aliphatic rings. The Kier molecular flexibility index (Phi) is 61.8. The standard InChI is InChI=1S/C71H138O17P2/c1-7-10-12-14-15-16-17-26-32-37-43-49-55-70(75)87-66(59-81-68(73)53-47-39-13-11-8-2)61-85-89(77,78)83-57-65(72)58-84-90(79,80)86-62-67(60-82-69(74)54-48-42-36-31-27-23-22-24-29-34-40-45-51-63(4)5)88-71(76)56-50-44-38-33-28-21-19-18-20-25-30-35-41-46-52-64(6)9-3/h63-67,72H,7-62H2,1-6H3,(H,77,78)(H,79,80)/t64?,65-,66+,67+/m0/s1. The number of phosphoric ester groups is 2. The fourth-order valence-corrected chi connectivity index (χ4v) is 12.3. The number of phosphoric acid groups is 2. The number of aliphatic hydroxyl groups is 1. The van der Waals surface area contributed by atoms with Crippen molar-refractivity contribution in [2.45, 2.75) is 381 Å². The van der Waals surface area contributed by atoms with Crippen LogP contribution in [0.2, 0.25) is 0 Å². The van der Waals surface area contributed by atoms with Crippen LogP contribution in [0.4, 0.5) is 0 Å². The summed E-state index contributed by atoms with van der Waals surface area (Å²) in [6.45, 7) is 9.54. The molecular weight excluding hydrogens is 1190 g/mol. The van der Waals surface area contributed by atoms with E-state index in [9.17, 15) is 43.2 Å². The predicted octanol–water partition coefficient (Wildman–Crippen LogP) is 20.4. The molecular formula is C71H138O17P2. The van der Waals surface area contributed by atoms with Gasteiger partial charge in [-0.3, -0.25) is 37.3 Å². The molecule has 6 atom stereocenters. The highest BCUT2D eigenvalue weighted by atomic mass is 31.2. The SMILES string of the molecule is CCCCCCCCCCCCCCC(=O)O[C@H](COC(=O)CCCCCCC)COP(=O)(O)OC[C@H](O)COP(=O)(O)OC[C@@H](COC(=O)CCCCCCCCCCCCCCC(C)C)OC(=O)CCCCCCCCCCCCCCCCC(C)CC. The second kappa shape index (κ2) is 63.1. The van der Waals surface area contributed by atoms with Gasteiger partial charge in [-0.2, -0.15) is 0 Å². The number of hydrogen-bond acceptors (Lipinski definition) is 15. The van der Waals surface area contributed by atoms with Gasteiger partial charge in [-0.15, -0.1) is 0 Å². The molecule has 0 rings (SSSR count). The molecule has 0 aliphatic carbocycles. The quantitative estimate of drug-likeness (QED) is 0.0222. The first-order valence-corrected chi connectivity index (χ1v) is 40.0. The highest BCUT2D eigenvalue weighted by Gasteiger charge is 2.30. The maximum Gasteiger partial charge on any atom is 0.472 e. The molecule has 3 N–H and O–H groups in total. The molecule has 0 bridgehead atoms. The van der Waals surface area contributed by atoms with E-state index in [-0.39, 0.29) is 25.7 Å². The largest absolute Gasteiger partial charge is 0.472 e. The molecule has 0 heterocycles. The Morgan fingerprint density at radius 2 is 0.567 bits per heavy atom. The lowest BCUT2D eigenvalue weighted by atomic mass is 9.99. The number of ether oxygens (including phenoxy) is 4. The van der Waals surface area contributed by atoms with Crippen LogP contribution in [0.5, 0.6) is 0 Å². The van der Waals surface area contributed by atoms with Crippen molar-refractivity contribution in [1.82, 2.24) is 0 Å². The van der Waals surface area contributed by atoms with Crippen molar-refractivity contribution in [3.8, 4) is 0 Å². The molecule has 0 radical (unpaired) electrons. The molecule has 3 unspecified atom stereocenters. The maximum absolute atomic E-state index is 13.0. The number of unbranched alkanes of at least 4 members (excludes halogenated alkanes) is 39. The maximum atomic E-state index is 13.0. The highest BCUT2D eigenvalue weighted by Crippen LogP contribution is 2.45. The lowest BCUT2D eigenvalue weighted by Gasteiger charge is -2.21. The van der Waals surface area contributed by atoms with E-state index in [1.54, 1.807) is 0 Å². The summed E-state index contributed by atoms with van der Waals surface area (Å²) in [4.78, 5) is 72.3. The van der Waals surface area contributed by atoms with Crippen molar-refractivity contribution < 1.29 is 80.2 Å². The second-order valence-corrected chi connectivity index (χ2v) is 29.3. The molecule has 90 heavy (non-hydrogen) atoms. The number of hydrogen-bond donors (Lipinski definition) is 3. The van der Waals surface area contributed by atoms with Crippen molar-refractivity contribution in [3.63, 3.8) is 0 Å². The number of carbonyl (C=O) groups excluding carboxylic acids is 4. The molecule has 0 fully saturated rings.